The summed E-state index contributed by atoms with van der Waals surface area (Å²) in [6.45, 7) is 12.4. The Kier molecular flexibility index (Phi) is 12.0. The number of hydrogen-bond donors (Lipinski definition) is 1. The van der Waals surface area contributed by atoms with Gasteiger partial charge >= 0.3 is 0 Å². The molecule has 0 aromatic rings. The summed E-state index contributed by atoms with van der Waals surface area (Å²) in [7, 11) is 1.88. The van der Waals surface area contributed by atoms with E-state index in [2.05, 4.69) is 34.0 Å². The van der Waals surface area contributed by atoms with Crippen molar-refractivity contribution in [2.75, 3.05) is 59.6 Å². The van der Waals surface area contributed by atoms with Crippen LogP contribution in [-0.4, -0.2) is 87.5 Å². The van der Waals surface area contributed by atoms with Crippen LogP contribution >= 0.6 is 24.0 Å². The van der Waals surface area contributed by atoms with E-state index >= 15 is 0 Å². The van der Waals surface area contributed by atoms with Crippen LogP contribution in [0.1, 0.15) is 39.5 Å². The quantitative estimate of drug-likeness (QED) is 0.256. The lowest BCUT2D eigenvalue weighted by atomic mass is 10.1. The van der Waals surface area contributed by atoms with Crippen molar-refractivity contribution < 1.29 is 9.47 Å². The molecule has 2 saturated heterocycles. The van der Waals surface area contributed by atoms with Crippen LogP contribution in [0.15, 0.2) is 4.99 Å². The van der Waals surface area contributed by atoms with Gasteiger partial charge in [-0.2, -0.15) is 0 Å². The zero-order chi connectivity index (χ0) is 17.2. The van der Waals surface area contributed by atoms with Gasteiger partial charge in [-0.05, 0) is 38.8 Å². The molecular weight excluding hydrogens is 431 g/mol. The number of halogens is 1. The highest BCUT2D eigenvalue weighted by Gasteiger charge is 2.27. The average Bonchev–Trinajstić information content (AvgIpc) is 3.10. The molecule has 2 rings (SSSR count). The van der Waals surface area contributed by atoms with E-state index in [1.165, 1.54) is 6.42 Å². The molecule has 0 radical (unpaired) electrons. The molecule has 0 aromatic carbocycles. The summed E-state index contributed by atoms with van der Waals surface area (Å²) in [5.74, 6) is 1.04. The van der Waals surface area contributed by atoms with E-state index in [-0.39, 0.29) is 24.0 Å². The van der Waals surface area contributed by atoms with Gasteiger partial charge in [-0.25, -0.2) is 0 Å². The molecule has 0 aliphatic carbocycles. The molecule has 1 atom stereocenters. The van der Waals surface area contributed by atoms with Crippen molar-refractivity contribution in [3.05, 3.63) is 0 Å². The second kappa shape index (κ2) is 13.1. The van der Waals surface area contributed by atoms with Gasteiger partial charge in [0.15, 0.2) is 5.96 Å². The van der Waals surface area contributed by atoms with E-state index in [0.717, 1.165) is 77.8 Å². The highest BCUT2D eigenvalue weighted by atomic mass is 127. The zero-order valence-corrected chi connectivity index (χ0v) is 18.5. The van der Waals surface area contributed by atoms with Crippen molar-refractivity contribution in [3.63, 3.8) is 0 Å². The molecule has 2 heterocycles. The number of guanidine groups is 1. The summed E-state index contributed by atoms with van der Waals surface area (Å²) in [5.41, 5.74) is 0. The van der Waals surface area contributed by atoms with Crippen molar-refractivity contribution in [2.24, 2.45) is 4.99 Å². The van der Waals surface area contributed by atoms with Crippen LogP contribution in [0.5, 0.6) is 0 Å². The summed E-state index contributed by atoms with van der Waals surface area (Å²) in [4.78, 5) is 9.40. The SMILES string of the molecule is CCN(CC)C1CCN(C(=NC)NCCCOC2CCOCC2)C1.I. The molecule has 1 unspecified atom stereocenters. The van der Waals surface area contributed by atoms with Crippen molar-refractivity contribution in [3.8, 4) is 0 Å². The third kappa shape index (κ3) is 7.56. The first kappa shape index (κ1) is 22.9. The number of ether oxygens (including phenoxy) is 2. The molecule has 0 bridgehead atoms. The minimum Gasteiger partial charge on any atom is -0.381 e. The highest BCUT2D eigenvalue weighted by Crippen LogP contribution is 2.15. The van der Waals surface area contributed by atoms with E-state index in [9.17, 15) is 0 Å². The van der Waals surface area contributed by atoms with Crippen molar-refractivity contribution >= 4 is 29.9 Å². The Hall–Kier alpha value is -0.120. The molecule has 7 heteroatoms. The van der Waals surface area contributed by atoms with Crippen LogP contribution in [0.3, 0.4) is 0 Å². The van der Waals surface area contributed by atoms with Crippen molar-refractivity contribution in [1.82, 2.24) is 15.1 Å². The van der Waals surface area contributed by atoms with E-state index < -0.39 is 0 Å². The van der Waals surface area contributed by atoms with E-state index in [1.807, 2.05) is 7.05 Å². The fourth-order valence-electron chi connectivity index (χ4n) is 3.67. The minimum absolute atomic E-state index is 0. The molecule has 25 heavy (non-hydrogen) atoms. The zero-order valence-electron chi connectivity index (χ0n) is 16.2. The lowest BCUT2D eigenvalue weighted by molar-refractivity contribution is -0.0320. The van der Waals surface area contributed by atoms with Gasteiger partial charge in [-0.1, -0.05) is 13.8 Å². The third-order valence-corrected chi connectivity index (χ3v) is 5.13. The fourth-order valence-corrected chi connectivity index (χ4v) is 3.67. The summed E-state index contributed by atoms with van der Waals surface area (Å²) < 4.78 is 11.3. The van der Waals surface area contributed by atoms with Crippen molar-refractivity contribution in [2.45, 2.75) is 51.7 Å². The summed E-state index contributed by atoms with van der Waals surface area (Å²) >= 11 is 0. The summed E-state index contributed by atoms with van der Waals surface area (Å²) in [5, 5.41) is 3.50. The normalized spacial score (nSPS) is 22.3. The largest absolute Gasteiger partial charge is 0.381 e. The topological polar surface area (TPSA) is 49.3 Å². The van der Waals surface area contributed by atoms with Gasteiger partial charge in [0.2, 0.25) is 0 Å². The molecule has 0 spiro atoms. The maximum absolute atomic E-state index is 5.92. The molecule has 1 N–H and O–H groups in total. The first-order valence-corrected chi connectivity index (χ1v) is 9.67. The molecule has 0 saturated carbocycles. The smallest absolute Gasteiger partial charge is 0.193 e. The van der Waals surface area contributed by atoms with Crippen LogP contribution in [-0.2, 0) is 9.47 Å². The second-order valence-electron chi connectivity index (χ2n) is 6.62. The Bertz CT molecular complexity index is 374. The molecule has 0 amide bonds. The predicted octanol–water partition coefficient (Wildman–Crippen LogP) is 2.18. The van der Waals surface area contributed by atoms with Crippen LogP contribution in [0.25, 0.3) is 0 Å². The van der Waals surface area contributed by atoms with Gasteiger partial charge in [-0.15, -0.1) is 24.0 Å². The third-order valence-electron chi connectivity index (χ3n) is 5.13. The standard InChI is InChI=1S/C18H36N4O2.HI/c1-4-21(5-2)16-7-11-22(15-16)18(19-3)20-10-6-12-24-17-8-13-23-14-9-17;/h16-17H,4-15H2,1-3H3,(H,19,20);1H. The fraction of sp³-hybridized carbons (Fsp3) is 0.944. The average molecular weight is 468 g/mol. The van der Waals surface area contributed by atoms with Crippen molar-refractivity contribution in [1.29, 1.82) is 0 Å². The van der Waals surface area contributed by atoms with E-state index in [0.29, 0.717) is 12.1 Å². The lowest BCUT2D eigenvalue weighted by Crippen LogP contribution is -2.43. The maximum Gasteiger partial charge on any atom is 0.193 e. The van der Waals surface area contributed by atoms with E-state index in [1.54, 1.807) is 0 Å². The predicted molar refractivity (Wildman–Crippen MR) is 114 cm³/mol. The Morgan fingerprint density at radius 1 is 1.24 bits per heavy atom. The Labute approximate surface area is 170 Å². The molecule has 2 fully saturated rings. The highest BCUT2D eigenvalue weighted by molar-refractivity contribution is 14.0. The van der Waals surface area contributed by atoms with Crippen LogP contribution in [0.4, 0.5) is 0 Å². The molecule has 2 aliphatic heterocycles. The lowest BCUT2D eigenvalue weighted by Gasteiger charge is -2.27. The van der Waals surface area contributed by atoms with Crippen LogP contribution < -0.4 is 5.32 Å². The first-order valence-electron chi connectivity index (χ1n) is 9.67. The van der Waals surface area contributed by atoms with E-state index in [4.69, 9.17) is 9.47 Å². The van der Waals surface area contributed by atoms with Gasteiger partial charge in [0.25, 0.3) is 0 Å². The first-order chi connectivity index (χ1) is 11.8. The molecule has 148 valence electrons. The molecule has 6 nitrogen and oxygen atoms in total. The Morgan fingerprint density at radius 2 is 1.96 bits per heavy atom. The van der Waals surface area contributed by atoms with Crippen LogP contribution in [0.2, 0.25) is 0 Å². The van der Waals surface area contributed by atoms with Gasteiger partial charge in [0.05, 0.1) is 6.10 Å². The minimum atomic E-state index is 0. The molecule has 2 aliphatic rings. The number of nitrogens with zero attached hydrogens (tertiary/aromatic N) is 3. The number of nitrogens with one attached hydrogen (secondary N) is 1. The Balaban J connectivity index is 0.00000312. The number of aliphatic imine (C=N–C) groups is 1. The van der Waals surface area contributed by atoms with Crippen LogP contribution in [0, 0.1) is 0 Å². The second-order valence-corrected chi connectivity index (χ2v) is 6.62. The van der Waals surface area contributed by atoms with Gasteiger partial charge < -0.3 is 19.7 Å². The number of likely N-dealkylation sites (tertiary alicyclic amines) is 1. The number of hydrogen-bond acceptors (Lipinski definition) is 4. The number of likely N-dealkylation sites (N-methyl/N-ethyl adjacent to an activating group) is 1. The monoisotopic (exact) mass is 468 g/mol. The van der Waals surface area contributed by atoms with Gasteiger partial charge in [0.1, 0.15) is 0 Å². The Morgan fingerprint density at radius 3 is 2.60 bits per heavy atom. The molecule has 0 aromatic heterocycles. The number of rotatable bonds is 8. The van der Waals surface area contributed by atoms with Gasteiger partial charge in [0, 0.05) is 52.5 Å². The maximum atomic E-state index is 5.92. The van der Waals surface area contributed by atoms with Gasteiger partial charge in [-0.3, -0.25) is 9.89 Å². The summed E-state index contributed by atoms with van der Waals surface area (Å²) in [6, 6.07) is 0.662. The summed E-state index contributed by atoms with van der Waals surface area (Å²) in [6.07, 6.45) is 4.72. The molecular formula is C18H37IN4O2.